The van der Waals surface area contributed by atoms with Crippen LogP contribution in [0.5, 0.6) is 0 Å². The number of nitrogens with two attached hydrogens (primary N) is 1. The van der Waals surface area contributed by atoms with Gasteiger partial charge in [0.05, 0.1) is 78.2 Å². The minimum absolute atomic E-state index is 0.0470. The molecule has 1 fully saturated rings. The summed E-state index contributed by atoms with van der Waals surface area (Å²) in [4.78, 5) is 67.5. The summed E-state index contributed by atoms with van der Waals surface area (Å²) in [6.07, 6.45) is 1.21. The van der Waals surface area contributed by atoms with Crippen LogP contribution in [-0.2, 0) is 42.8 Å². The van der Waals surface area contributed by atoms with Crippen LogP contribution in [0, 0.1) is 0 Å². The monoisotopic (exact) mass is 1260 g/mol. The number of hydrogen-bond donors (Lipinski definition) is 1. The second-order valence-corrected chi connectivity index (χ2v) is 21.9. The zero-order chi connectivity index (χ0) is 66.5. The van der Waals surface area contributed by atoms with Gasteiger partial charge in [-0.25, -0.2) is 4.79 Å². The lowest BCUT2D eigenvalue weighted by Crippen LogP contribution is -2.32. The van der Waals surface area contributed by atoms with Crippen LogP contribution < -0.4 is 25.3 Å². The van der Waals surface area contributed by atoms with Crippen LogP contribution in [0.15, 0.2) is 156 Å². The molecule has 0 bridgehead atoms. The second kappa shape index (κ2) is 41.5. The summed E-state index contributed by atoms with van der Waals surface area (Å²) in [5, 5.41) is 7.28. The van der Waals surface area contributed by atoms with Crippen LogP contribution >= 0.6 is 0 Å². The lowest BCUT2D eigenvalue weighted by molar-refractivity contribution is -0.172. The van der Waals surface area contributed by atoms with Crippen molar-refractivity contribution in [1.29, 1.82) is 0 Å². The Hall–Kier alpha value is -8.86. The van der Waals surface area contributed by atoms with E-state index in [0.29, 0.717) is 122 Å². The molecule has 7 rings (SSSR count). The molecule has 23 heteroatoms. The van der Waals surface area contributed by atoms with Crippen molar-refractivity contribution in [2.24, 2.45) is 16.0 Å². The predicted octanol–water partition coefficient (Wildman–Crippen LogP) is 10.8. The number of ether oxygens (including phenoxy) is 6. The first kappa shape index (κ1) is 73.9. The van der Waals surface area contributed by atoms with E-state index in [1.165, 1.54) is 11.1 Å². The largest absolute Gasteiger partial charge is 0.379 e. The van der Waals surface area contributed by atoms with Crippen molar-refractivity contribution < 1.29 is 52.4 Å². The molecule has 1 aliphatic rings. The Balaban J connectivity index is 0.000000277. The van der Waals surface area contributed by atoms with Crippen molar-refractivity contribution in [1.82, 2.24) is 5.06 Å². The van der Waals surface area contributed by atoms with Crippen molar-refractivity contribution in [2.75, 3.05) is 175 Å². The summed E-state index contributed by atoms with van der Waals surface area (Å²) in [6.45, 7) is 7.02. The fraction of sp³-hybridized carbons (Fsp3) is 0.420. The van der Waals surface area contributed by atoms with Crippen molar-refractivity contribution in [3.05, 3.63) is 211 Å². The highest BCUT2D eigenvalue weighted by Crippen LogP contribution is 2.36. The minimum atomic E-state index is -0.734. The van der Waals surface area contributed by atoms with Gasteiger partial charge in [-0.1, -0.05) is 95.2 Å². The number of rotatable bonds is 37. The van der Waals surface area contributed by atoms with Gasteiger partial charge in [0.15, 0.2) is 5.78 Å². The molecule has 492 valence electrons. The summed E-state index contributed by atoms with van der Waals surface area (Å²) in [7, 11) is 16.2. The number of hydroxylamine groups is 2. The van der Waals surface area contributed by atoms with Gasteiger partial charge in [0.1, 0.15) is 0 Å². The Morgan fingerprint density at radius 2 is 0.717 bits per heavy atom. The molecule has 1 saturated heterocycles. The number of carbonyl (C=O) groups is 4. The number of amides is 2. The number of imide groups is 1. The van der Waals surface area contributed by atoms with Crippen molar-refractivity contribution in [2.45, 2.75) is 37.5 Å². The average molecular weight is 1260 g/mol. The molecule has 6 aromatic carbocycles. The van der Waals surface area contributed by atoms with Crippen LogP contribution in [0.25, 0.3) is 20.9 Å². The third-order valence-electron chi connectivity index (χ3n) is 14.4. The van der Waals surface area contributed by atoms with E-state index in [1.54, 1.807) is 12.1 Å². The zero-order valence-electron chi connectivity index (χ0n) is 54.4. The molecule has 1 heterocycles. The van der Waals surface area contributed by atoms with E-state index < -0.39 is 17.8 Å². The van der Waals surface area contributed by atoms with Crippen LogP contribution in [0.2, 0.25) is 0 Å². The molecule has 0 saturated carbocycles. The number of Topliss-reactive ketones (excluding diaryl/α,β-unsaturated/α-hetero) is 1. The van der Waals surface area contributed by atoms with Crippen LogP contribution in [0.1, 0.15) is 91.6 Å². The number of ketones is 1. The van der Waals surface area contributed by atoms with E-state index in [0.717, 1.165) is 45.0 Å². The maximum absolute atomic E-state index is 12.8. The number of carbonyl (C=O) groups excluding carboxylic acids is 4. The van der Waals surface area contributed by atoms with E-state index >= 15 is 0 Å². The Morgan fingerprint density at radius 1 is 0.435 bits per heavy atom. The number of nitrogens with zero attached hydrogens (tertiary/aromatic N) is 11. The molecule has 0 atom stereocenters. The smallest absolute Gasteiger partial charge is 0.363 e. The highest BCUT2D eigenvalue weighted by Gasteiger charge is 2.33. The van der Waals surface area contributed by atoms with E-state index in [2.05, 4.69) is 149 Å². The molecule has 0 spiro atoms. The molecule has 92 heavy (non-hydrogen) atoms. The van der Waals surface area contributed by atoms with E-state index in [1.807, 2.05) is 80.6 Å². The lowest BCUT2D eigenvalue weighted by Gasteiger charge is -2.22. The Morgan fingerprint density at radius 3 is 1.02 bits per heavy atom. The molecular weight excluding hydrogens is 1170 g/mol. The molecular formula is C69H90N12O11. The molecule has 0 unspecified atom stereocenters. The molecule has 0 radical (unpaired) electrons. The average Bonchev–Trinajstić information content (AvgIpc) is 0.976. The summed E-state index contributed by atoms with van der Waals surface area (Å²) in [6, 6.07) is 49.3. The topological polar surface area (TPSA) is 273 Å². The Labute approximate surface area is 541 Å². The van der Waals surface area contributed by atoms with Gasteiger partial charge in [-0.15, -0.1) is 5.06 Å². The maximum atomic E-state index is 12.8. The van der Waals surface area contributed by atoms with Gasteiger partial charge in [-0.2, -0.15) is 0 Å². The van der Waals surface area contributed by atoms with E-state index in [4.69, 9.17) is 50.1 Å². The number of hydrogen-bond acceptors (Lipinski definition) is 18. The predicted molar refractivity (Wildman–Crippen MR) is 360 cm³/mol. The van der Waals surface area contributed by atoms with Crippen molar-refractivity contribution in [3.63, 3.8) is 0 Å². The number of azide groups is 2. The number of benzene rings is 6. The van der Waals surface area contributed by atoms with Crippen LogP contribution in [0.3, 0.4) is 0 Å². The first-order valence-corrected chi connectivity index (χ1v) is 30.6. The maximum Gasteiger partial charge on any atom is 0.363 e. The fourth-order valence-electron chi connectivity index (χ4n) is 9.43. The highest BCUT2D eigenvalue weighted by atomic mass is 16.7. The van der Waals surface area contributed by atoms with Crippen molar-refractivity contribution >= 4 is 46.3 Å². The van der Waals surface area contributed by atoms with Gasteiger partial charge in [0.2, 0.25) is 0 Å². The SMILES string of the molecule is CN(C)c1ccc(C(c2ccc(C(=O)CCCOCCOCCOCCN=[N+]=[N-])cc2)c2ccc(N(C)C)cc2)cc1.CN(C)c1ccc(C(c2ccc(C(=O)ON3C(=O)CCC3=O)cc2)c2ccc(N(C)C)cc2)cc1.[N-]=[N+]=NCCOCCOCCOCCN. The van der Waals surface area contributed by atoms with Gasteiger partial charge in [0.25, 0.3) is 11.8 Å². The number of anilines is 4. The third kappa shape index (κ3) is 25.4. The van der Waals surface area contributed by atoms with Gasteiger partial charge < -0.3 is 58.6 Å². The summed E-state index contributed by atoms with van der Waals surface area (Å²) < 4.78 is 31.7. The molecule has 0 aliphatic carbocycles. The van der Waals surface area contributed by atoms with E-state index in [-0.39, 0.29) is 36.0 Å². The first-order valence-electron chi connectivity index (χ1n) is 30.6. The lowest BCUT2D eigenvalue weighted by atomic mass is 9.84. The Bertz CT molecular complexity index is 3110. The molecule has 1 aliphatic heterocycles. The van der Waals surface area contributed by atoms with Gasteiger partial charge in [-0.3, -0.25) is 14.4 Å². The zero-order valence-corrected chi connectivity index (χ0v) is 54.4. The standard InChI is InChI=1S/C33H43N5O4.C28H29N3O4.C8H18N4O3/c1-37(2)30-15-11-28(12-16-30)33(29-13-17-31(18-14-29)38(3)4)27-9-7-26(8-10-27)32(39)6-5-20-40-22-24-42-25-23-41-21-19-35-36-34;1-29(2)23-13-9-20(10-14-23)27(21-11-15-24(16-12-21)30(3)4)19-5-7-22(8-6-19)28(34)35-31-25(32)17-18-26(31)33;9-1-3-13-5-7-15-8-6-14-4-2-11-12-10/h7-18,33H,5-6,19-25H2,1-4H3;5-16,27H,17-18H2,1-4H3;1-9H2. The second-order valence-electron chi connectivity index (χ2n) is 21.9. The third-order valence-corrected chi connectivity index (χ3v) is 14.4. The molecule has 0 aromatic heterocycles. The summed E-state index contributed by atoms with van der Waals surface area (Å²) in [5.41, 5.74) is 33.7. The fourth-order valence-corrected chi connectivity index (χ4v) is 9.43. The summed E-state index contributed by atoms with van der Waals surface area (Å²) >= 11 is 0. The van der Waals surface area contributed by atoms with Crippen molar-refractivity contribution in [3.8, 4) is 0 Å². The Kier molecular flexibility index (Phi) is 33.3. The highest BCUT2D eigenvalue weighted by molar-refractivity contribution is 6.02. The van der Waals surface area contributed by atoms with Gasteiger partial charge in [-0.05, 0) is 112 Å². The quantitative estimate of drug-likeness (QED) is 0.00722. The van der Waals surface area contributed by atoms with Gasteiger partial charge >= 0.3 is 5.97 Å². The summed E-state index contributed by atoms with van der Waals surface area (Å²) in [5.74, 6) is -1.61. The van der Waals surface area contributed by atoms with E-state index in [9.17, 15) is 19.2 Å². The van der Waals surface area contributed by atoms with Gasteiger partial charge in [0, 0.05) is 152 Å². The molecule has 23 nitrogen and oxygen atoms in total. The van der Waals surface area contributed by atoms with Crippen LogP contribution in [0.4, 0.5) is 22.7 Å². The molecule has 6 aromatic rings. The van der Waals surface area contributed by atoms with Crippen LogP contribution in [-0.4, -0.2) is 184 Å². The molecule has 2 N–H and O–H groups in total. The normalized spacial score (nSPS) is 11.7. The molecule has 2 amide bonds. The first-order chi connectivity index (χ1) is 44.6. The minimum Gasteiger partial charge on any atom is -0.379 e.